The van der Waals surface area contributed by atoms with E-state index in [-0.39, 0.29) is 22.9 Å². The fourth-order valence-electron chi connectivity index (χ4n) is 2.07. The molecule has 2 rings (SSSR count). The summed E-state index contributed by atoms with van der Waals surface area (Å²) in [6.45, 7) is 0. The highest BCUT2D eigenvalue weighted by Gasteiger charge is 2.37. The maximum Gasteiger partial charge on any atom is 0.326 e. The second kappa shape index (κ2) is 5.78. The summed E-state index contributed by atoms with van der Waals surface area (Å²) in [5, 5.41) is 25.3. The van der Waals surface area contributed by atoms with E-state index in [0.29, 0.717) is 0 Å². The first kappa shape index (κ1) is 14.8. The first-order valence-electron chi connectivity index (χ1n) is 6.44. The summed E-state index contributed by atoms with van der Waals surface area (Å²) in [5.74, 6) is -1.50. The van der Waals surface area contributed by atoms with Gasteiger partial charge in [0.1, 0.15) is 11.7 Å². The van der Waals surface area contributed by atoms with Crippen LogP contribution in [0.1, 0.15) is 23.2 Å². The standard InChI is InChI=1S/C13H15N3O5/c1-14-12(17)8-4-5-9(10(6-8)16(20)21)15-11(13(18)19)7-2-3-7/h4-7,11,15H,2-3H2,1H3,(H,14,17)(H,18,19). The molecule has 1 saturated carbocycles. The van der Waals surface area contributed by atoms with Crippen molar-refractivity contribution in [2.75, 3.05) is 12.4 Å². The molecule has 0 radical (unpaired) electrons. The van der Waals surface area contributed by atoms with Crippen molar-refractivity contribution in [1.82, 2.24) is 5.32 Å². The molecule has 0 saturated heterocycles. The van der Waals surface area contributed by atoms with Crippen molar-refractivity contribution < 1.29 is 19.6 Å². The monoisotopic (exact) mass is 293 g/mol. The quantitative estimate of drug-likeness (QED) is 0.535. The predicted octanol–water partition coefficient (Wildman–Crippen LogP) is 1.23. The lowest BCUT2D eigenvalue weighted by atomic mass is 10.1. The summed E-state index contributed by atoms with van der Waals surface area (Å²) in [5.41, 5.74) is -0.0667. The first-order chi connectivity index (χ1) is 9.93. The Bertz CT molecular complexity index is 597. The summed E-state index contributed by atoms with van der Waals surface area (Å²) in [6, 6.07) is 3.06. The summed E-state index contributed by atoms with van der Waals surface area (Å²) < 4.78 is 0. The van der Waals surface area contributed by atoms with Crippen LogP contribution in [0.15, 0.2) is 18.2 Å². The van der Waals surface area contributed by atoms with Gasteiger partial charge in [0, 0.05) is 18.7 Å². The second-order valence-corrected chi connectivity index (χ2v) is 4.87. The first-order valence-corrected chi connectivity index (χ1v) is 6.44. The Morgan fingerprint density at radius 1 is 1.43 bits per heavy atom. The SMILES string of the molecule is CNC(=O)c1ccc(NC(C(=O)O)C2CC2)c([N+](=O)[O-])c1. The van der Waals surface area contributed by atoms with Gasteiger partial charge in [-0.1, -0.05) is 0 Å². The van der Waals surface area contributed by atoms with Gasteiger partial charge in [0.15, 0.2) is 0 Å². The summed E-state index contributed by atoms with van der Waals surface area (Å²) >= 11 is 0. The van der Waals surface area contributed by atoms with E-state index in [1.54, 1.807) is 0 Å². The fourth-order valence-corrected chi connectivity index (χ4v) is 2.07. The highest BCUT2D eigenvalue weighted by Crippen LogP contribution is 2.36. The lowest BCUT2D eigenvalue weighted by Gasteiger charge is -2.15. The number of nitro benzene ring substituents is 1. The van der Waals surface area contributed by atoms with Crippen LogP contribution < -0.4 is 10.6 Å². The maximum atomic E-state index is 11.5. The number of nitrogens with one attached hydrogen (secondary N) is 2. The molecule has 0 bridgehead atoms. The minimum absolute atomic E-state index is 0.0132. The van der Waals surface area contributed by atoms with Crippen molar-refractivity contribution >= 4 is 23.3 Å². The number of amides is 1. The smallest absolute Gasteiger partial charge is 0.326 e. The zero-order chi connectivity index (χ0) is 15.6. The van der Waals surface area contributed by atoms with E-state index in [9.17, 15) is 19.7 Å². The molecule has 3 N–H and O–H groups in total. The number of carboxylic acids is 1. The Kier molecular flexibility index (Phi) is 4.06. The van der Waals surface area contributed by atoms with Crippen molar-refractivity contribution in [3.8, 4) is 0 Å². The molecule has 8 heteroatoms. The van der Waals surface area contributed by atoms with Crippen molar-refractivity contribution in [3.63, 3.8) is 0 Å². The van der Waals surface area contributed by atoms with Crippen LogP contribution in [0.5, 0.6) is 0 Å². The summed E-state index contributed by atoms with van der Waals surface area (Å²) in [6.07, 6.45) is 1.57. The number of nitrogens with zero attached hydrogens (tertiary/aromatic N) is 1. The number of benzene rings is 1. The van der Waals surface area contributed by atoms with Gasteiger partial charge in [0.25, 0.3) is 11.6 Å². The molecule has 1 atom stereocenters. The molecular weight excluding hydrogens is 278 g/mol. The van der Waals surface area contributed by atoms with Crippen LogP contribution in [0.2, 0.25) is 0 Å². The minimum atomic E-state index is -1.04. The van der Waals surface area contributed by atoms with Crippen LogP contribution in [0.25, 0.3) is 0 Å². The molecule has 8 nitrogen and oxygen atoms in total. The summed E-state index contributed by atoms with van der Waals surface area (Å²) in [4.78, 5) is 33.2. The number of carbonyl (C=O) groups excluding carboxylic acids is 1. The molecule has 112 valence electrons. The molecule has 1 aliphatic carbocycles. The number of carboxylic acid groups (broad SMARTS) is 1. The number of anilines is 1. The van der Waals surface area contributed by atoms with E-state index >= 15 is 0 Å². The van der Waals surface area contributed by atoms with Crippen LogP contribution in [-0.2, 0) is 4.79 Å². The van der Waals surface area contributed by atoms with E-state index < -0.39 is 22.8 Å². The normalized spacial score (nSPS) is 15.1. The molecule has 0 aliphatic heterocycles. The van der Waals surface area contributed by atoms with Gasteiger partial charge in [0.05, 0.1) is 4.92 Å². The zero-order valence-electron chi connectivity index (χ0n) is 11.3. The van der Waals surface area contributed by atoms with E-state index in [1.807, 2.05) is 0 Å². The van der Waals surface area contributed by atoms with E-state index in [1.165, 1.54) is 19.2 Å². The van der Waals surface area contributed by atoms with Crippen LogP contribution in [-0.4, -0.2) is 35.0 Å². The van der Waals surface area contributed by atoms with Crippen molar-refractivity contribution in [1.29, 1.82) is 0 Å². The van der Waals surface area contributed by atoms with Crippen molar-refractivity contribution in [3.05, 3.63) is 33.9 Å². The molecule has 21 heavy (non-hydrogen) atoms. The number of hydrogen-bond acceptors (Lipinski definition) is 5. The molecule has 0 heterocycles. The molecule has 1 fully saturated rings. The molecular formula is C13H15N3O5. The fraction of sp³-hybridized carbons (Fsp3) is 0.385. The molecule has 1 aromatic rings. The highest BCUT2D eigenvalue weighted by atomic mass is 16.6. The Balaban J connectivity index is 2.31. The predicted molar refractivity (Wildman–Crippen MR) is 74.3 cm³/mol. The van der Waals surface area contributed by atoms with Crippen molar-refractivity contribution in [2.45, 2.75) is 18.9 Å². The van der Waals surface area contributed by atoms with E-state index in [2.05, 4.69) is 10.6 Å². The molecule has 0 aromatic heterocycles. The van der Waals surface area contributed by atoms with Crippen molar-refractivity contribution in [2.24, 2.45) is 5.92 Å². The van der Waals surface area contributed by atoms with Gasteiger partial charge in [-0.2, -0.15) is 0 Å². The van der Waals surface area contributed by atoms with Gasteiger partial charge in [-0.15, -0.1) is 0 Å². The van der Waals surface area contributed by atoms with Gasteiger partial charge in [-0.3, -0.25) is 14.9 Å². The van der Waals surface area contributed by atoms with Crippen LogP contribution >= 0.6 is 0 Å². The lowest BCUT2D eigenvalue weighted by Crippen LogP contribution is -2.31. The Morgan fingerprint density at radius 3 is 2.57 bits per heavy atom. The topological polar surface area (TPSA) is 122 Å². The van der Waals surface area contributed by atoms with Crippen LogP contribution in [0, 0.1) is 16.0 Å². The molecule has 1 aromatic carbocycles. The third-order valence-electron chi connectivity index (χ3n) is 3.35. The minimum Gasteiger partial charge on any atom is -0.480 e. The van der Waals surface area contributed by atoms with Gasteiger partial charge in [-0.05, 0) is 30.9 Å². The number of hydrogen-bond donors (Lipinski definition) is 3. The van der Waals surface area contributed by atoms with E-state index in [0.717, 1.165) is 18.9 Å². The zero-order valence-corrected chi connectivity index (χ0v) is 11.3. The van der Waals surface area contributed by atoms with Crippen LogP contribution in [0.3, 0.4) is 0 Å². The van der Waals surface area contributed by atoms with Gasteiger partial charge >= 0.3 is 5.97 Å². The second-order valence-electron chi connectivity index (χ2n) is 4.87. The van der Waals surface area contributed by atoms with Gasteiger partial charge in [0.2, 0.25) is 0 Å². The maximum absolute atomic E-state index is 11.5. The Morgan fingerprint density at radius 2 is 2.10 bits per heavy atom. The average molecular weight is 293 g/mol. The number of rotatable bonds is 6. The average Bonchev–Trinajstić information content (AvgIpc) is 3.27. The molecule has 0 spiro atoms. The summed E-state index contributed by atoms with van der Waals surface area (Å²) in [7, 11) is 1.42. The highest BCUT2D eigenvalue weighted by molar-refractivity contribution is 5.95. The van der Waals surface area contributed by atoms with Gasteiger partial charge < -0.3 is 15.7 Å². The third-order valence-corrected chi connectivity index (χ3v) is 3.35. The Labute approximate surface area is 120 Å². The number of nitro groups is 1. The van der Waals surface area contributed by atoms with Crippen LogP contribution in [0.4, 0.5) is 11.4 Å². The largest absolute Gasteiger partial charge is 0.480 e. The lowest BCUT2D eigenvalue weighted by molar-refractivity contribution is -0.384. The van der Waals surface area contributed by atoms with E-state index in [4.69, 9.17) is 5.11 Å². The molecule has 1 amide bonds. The molecule has 1 unspecified atom stereocenters. The Hall–Kier alpha value is -2.64. The number of carbonyl (C=O) groups is 2. The van der Waals surface area contributed by atoms with Gasteiger partial charge in [-0.25, -0.2) is 4.79 Å². The number of aliphatic carboxylic acids is 1. The molecule has 1 aliphatic rings. The third kappa shape index (κ3) is 3.28.